The topological polar surface area (TPSA) is 75.3 Å². The SMILES string of the molecule is Cc1cccc(NS(=O)(=O)c2ccc(NC(=O)/C=C/c3ccc(Cl)cc3Cl)cc2)c1. The average Bonchev–Trinajstić information content (AvgIpc) is 2.67. The maximum absolute atomic E-state index is 12.5. The van der Waals surface area contributed by atoms with Crippen LogP contribution in [0.2, 0.25) is 10.0 Å². The summed E-state index contributed by atoms with van der Waals surface area (Å²) in [6.07, 6.45) is 2.90. The van der Waals surface area contributed by atoms with Crippen LogP contribution in [0.25, 0.3) is 6.08 Å². The van der Waals surface area contributed by atoms with Crippen LogP contribution in [-0.4, -0.2) is 14.3 Å². The van der Waals surface area contributed by atoms with Crippen molar-refractivity contribution in [2.45, 2.75) is 11.8 Å². The molecular weight excluding hydrogens is 443 g/mol. The lowest BCUT2D eigenvalue weighted by atomic mass is 10.2. The number of hydrogen-bond donors (Lipinski definition) is 2. The van der Waals surface area contributed by atoms with Crippen molar-refractivity contribution in [3.63, 3.8) is 0 Å². The third-order valence-electron chi connectivity index (χ3n) is 4.08. The zero-order valence-corrected chi connectivity index (χ0v) is 18.2. The van der Waals surface area contributed by atoms with Gasteiger partial charge in [-0.25, -0.2) is 8.42 Å². The minimum absolute atomic E-state index is 0.0884. The minimum atomic E-state index is -3.73. The van der Waals surface area contributed by atoms with Crippen LogP contribution in [0.5, 0.6) is 0 Å². The average molecular weight is 461 g/mol. The van der Waals surface area contributed by atoms with Crippen LogP contribution in [0.15, 0.2) is 77.7 Å². The summed E-state index contributed by atoms with van der Waals surface area (Å²) in [5.41, 5.74) is 2.54. The lowest BCUT2D eigenvalue weighted by Gasteiger charge is -2.09. The molecule has 0 saturated carbocycles. The van der Waals surface area contributed by atoms with Crippen molar-refractivity contribution in [2.75, 3.05) is 10.0 Å². The first-order chi connectivity index (χ1) is 14.2. The van der Waals surface area contributed by atoms with Crippen molar-refractivity contribution < 1.29 is 13.2 Å². The van der Waals surface area contributed by atoms with Crippen molar-refractivity contribution in [3.05, 3.63) is 94.0 Å². The van der Waals surface area contributed by atoms with Gasteiger partial charge in [-0.15, -0.1) is 0 Å². The zero-order chi connectivity index (χ0) is 21.7. The number of aryl methyl sites for hydroxylation is 1. The van der Waals surface area contributed by atoms with Crippen molar-refractivity contribution in [3.8, 4) is 0 Å². The first-order valence-electron chi connectivity index (χ1n) is 8.87. The van der Waals surface area contributed by atoms with Crippen LogP contribution >= 0.6 is 23.2 Å². The van der Waals surface area contributed by atoms with E-state index < -0.39 is 10.0 Å². The summed E-state index contributed by atoms with van der Waals surface area (Å²) in [6.45, 7) is 1.88. The summed E-state index contributed by atoms with van der Waals surface area (Å²) in [5.74, 6) is -0.380. The fourth-order valence-electron chi connectivity index (χ4n) is 2.63. The predicted octanol–water partition coefficient (Wildman–Crippen LogP) is 5.75. The van der Waals surface area contributed by atoms with Gasteiger partial charge in [-0.3, -0.25) is 9.52 Å². The van der Waals surface area contributed by atoms with E-state index in [1.54, 1.807) is 42.5 Å². The van der Waals surface area contributed by atoms with E-state index in [0.29, 0.717) is 27.0 Å². The van der Waals surface area contributed by atoms with Gasteiger partial charge in [0.05, 0.1) is 4.90 Å². The molecule has 0 spiro atoms. The van der Waals surface area contributed by atoms with Gasteiger partial charge in [-0.1, -0.05) is 41.4 Å². The molecule has 1 amide bonds. The summed E-state index contributed by atoms with van der Waals surface area (Å²) >= 11 is 11.9. The maximum atomic E-state index is 12.5. The number of hydrogen-bond acceptors (Lipinski definition) is 3. The molecule has 8 heteroatoms. The second-order valence-electron chi connectivity index (χ2n) is 6.49. The smallest absolute Gasteiger partial charge is 0.261 e. The largest absolute Gasteiger partial charge is 0.323 e. The van der Waals surface area contributed by atoms with Crippen LogP contribution in [0.4, 0.5) is 11.4 Å². The minimum Gasteiger partial charge on any atom is -0.323 e. The molecular formula is C22H18Cl2N2O3S. The van der Waals surface area contributed by atoms with Crippen molar-refractivity contribution >= 4 is 56.6 Å². The van der Waals surface area contributed by atoms with E-state index in [1.165, 1.54) is 30.3 Å². The van der Waals surface area contributed by atoms with E-state index in [2.05, 4.69) is 10.0 Å². The van der Waals surface area contributed by atoms with E-state index in [-0.39, 0.29) is 10.8 Å². The number of anilines is 2. The number of halogens is 2. The number of carbonyl (C=O) groups is 1. The van der Waals surface area contributed by atoms with Crippen molar-refractivity contribution in [1.82, 2.24) is 0 Å². The highest BCUT2D eigenvalue weighted by Crippen LogP contribution is 2.22. The second kappa shape index (κ2) is 9.34. The molecule has 0 aliphatic carbocycles. The maximum Gasteiger partial charge on any atom is 0.261 e. The predicted molar refractivity (Wildman–Crippen MR) is 123 cm³/mol. The molecule has 0 unspecified atom stereocenters. The molecule has 0 aliphatic heterocycles. The lowest BCUT2D eigenvalue weighted by Crippen LogP contribution is -2.13. The molecule has 2 N–H and O–H groups in total. The molecule has 0 radical (unpaired) electrons. The Morgan fingerprint density at radius 3 is 2.33 bits per heavy atom. The van der Waals surface area contributed by atoms with Crippen molar-refractivity contribution in [2.24, 2.45) is 0 Å². The van der Waals surface area contributed by atoms with Gasteiger partial charge >= 0.3 is 0 Å². The molecule has 154 valence electrons. The monoisotopic (exact) mass is 460 g/mol. The van der Waals surface area contributed by atoms with Crippen molar-refractivity contribution in [1.29, 1.82) is 0 Å². The van der Waals surface area contributed by atoms with Gasteiger partial charge < -0.3 is 5.32 Å². The molecule has 0 saturated heterocycles. The molecule has 0 aliphatic rings. The lowest BCUT2D eigenvalue weighted by molar-refractivity contribution is -0.111. The molecule has 30 heavy (non-hydrogen) atoms. The zero-order valence-electron chi connectivity index (χ0n) is 15.9. The van der Waals surface area contributed by atoms with Crippen LogP contribution in [0.3, 0.4) is 0 Å². The molecule has 3 rings (SSSR count). The van der Waals surface area contributed by atoms with E-state index in [1.807, 2.05) is 13.0 Å². The van der Waals surface area contributed by atoms with Gasteiger partial charge in [-0.05, 0) is 72.7 Å². The molecule has 0 aromatic heterocycles. The Kier molecular flexibility index (Phi) is 6.82. The Morgan fingerprint density at radius 2 is 1.67 bits per heavy atom. The summed E-state index contributed by atoms with van der Waals surface area (Å²) in [4.78, 5) is 12.2. The number of amides is 1. The third-order valence-corrected chi connectivity index (χ3v) is 6.04. The van der Waals surface area contributed by atoms with Crippen LogP contribution < -0.4 is 10.0 Å². The Morgan fingerprint density at radius 1 is 0.933 bits per heavy atom. The fourth-order valence-corrected chi connectivity index (χ4v) is 4.15. The molecule has 3 aromatic rings. The fraction of sp³-hybridized carbons (Fsp3) is 0.0455. The highest BCUT2D eigenvalue weighted by Gasteiger charge is 2.14. The quantitative estimate of drug-likeness (QED) is 0.459. The Hall–Kier alpha value is -2.80. The Labute approximate surface area is 185 Å². The molecule has 3 aromatic carbocycles. The molecule has 0 fully saturated rings. The van der Waals surface area contributed by atoms with Crippen LogP contribution in [0, 0.1) is 6.92 Å². The van der Waals surface area contributed by atoms with Crippen LogP contribution in [0.1, 0.15) is 11.1 Å². The molecule has 0 heterocycles. The first-order valence-corrected chi connectivity index (χ1v) is 11.1. The normalized spacial score (nSPS) is 11.4. The van der Waals surface area contributed by atoms with Gasteiger partial charge in [0.15, 0.2) is 0 Å². The van der Waals surface area contributed by atoms with E-state index in [4.69, 9.17) is 23.2 Å². The van der Waals surface area contributed by atoms with E-state index in [9.17, 15) is 13.2 Å². The number of carbonyl (C=O) groups excluding carboxylic acids is 1. The van der Waals surface area contributed by atoms with Gasteiger partial charge in [0.1, 0.15) is 0 Å². The van der Waals surface area contributed by atoms with E-state index >= 15 is 0 Å². The molecule has 0 bridgehead atoms. The number of nitrogens with one attached hydrogen (secondary N) is 2. The van der Waals surface area contributed by atoms with E-state index in [0.717, 1.165) is 5.56 Å². The van der Waals surface area contributed by atoms with Crippen LogP contribution in [-0.2, 0) is 14.8 Å². The Bertz CT molecular complexity index is 1210. The highest BCUT2D eigenvalue weighted by molar-refractivity contribution is 7.92. The van der Waals surface area contributed by atoms with Gasteiger partial charge in [0.25, 0.3) is 10.0 Å². The summed E-state index contributed by atoms with van der Waals surface area (Å²) in [5, 5.41) is 3.61. The summed E-state index contributed by atoms with van der Waals surface area (Å²) in [7, 11) is -3.73. The molecule has 0 atom stereocenters. The number of sulfonamides is 1. The van der Waals surface area contributed by atoms with Gasteiger partial charge in [0, 0.05) is 27.5 Å². The highest BCUT2D eigenvalue weighted by atomic mass is 35.5. The first kappa shape index (κ1) is 21.9. The molecule has 5 nitrogen and oxygen atoms in total. The summed E-state index contributed by atoms with van der Waals surface area (Å²) < 4.78 is 27.6. The van der Waals surface area contributed by atoms with Gasteiger partial charge in [0.2, 0.25) is 5.91 Å². The van der Waals surface area contributed by atoms with Gasteiger partial charge in [-0.2, -0.15) is 0 Å². The Balaban J connectivity index is 1.66. The standard InChI is InChI=1S/C22H18Cl2N2O3S/c1-15-3-2-4-19(13-15)26-30(28,29)20-10-8-18(9-11-20)25-22(27)12-6-16-5-7-17(23)14-21(16)24/h2-14,26H,1H3,(H,25,27)/b12-6+. The summed E-state index contributed by atoms with van der Waals surface area (Å²) in [6, 6.07) is 17.9. The third kappa shape index (κ3) is 5.86. The second-order valence-corrected chi connectivity index (χ2v) is 9.01. The number of rotatable bonds is 6. The number of benzene rings is 3.